The third-order valence-electron chi connectivity index (χ3n) is 5.44. The van der Waals surface area contributed by atoms with Crippen molar-refractivity contribution in [1.82, 2.24) is 10.6 Å². The summed E-state index contributed by atoms with van der Waals surface area (Å²) in [5, 5.41) is 15.7. The van der Waals surface area contributed by atoms with Gasteiger partial charge in [-0.15, -0.1) is 0 Å². The molecule has 1 unspecified atom stereocenters. The Hall–Kier alpha value is -0.650. The van der Waals surface area contributed by atoms with Crippen LogP contribution in [0.25, 0.3) is 0 Å². The summed E-state index contributed by atoms with van der Waals surface area (Å²) in [7, 11) is 0. The summed E-state index contributed by atoms with van der Waals surface area (Å²) < 4.78 is 0. The summed E-state index contributed by atoms with van der Waals surface area (Å²) in [5.41, 5.74) is 5.39. The molecule has 0 aromatic heterocycles. The van der Waals surface area contributed by atoms with Gasteiger partial charge in [0.2, 0.25) is 5.91 Å². The van der Waals surface area contributed by atoms with Gasteiger partial charge >= 0.3 is 0 Å². The number of unbranched alkanes of at least 4 members (excludes halogenated alkanes) is 10. The van der Waals surface area contributed by atoms with Gasteiger partial charge < -0.3 is 21.5 Å². The number of carbonyl (C=O) groups is 1. The van der Waals surface area contributed by atoms with Gasteiger partial charge in [0, 0.05) is 39.2 Å². The molecule has 5 N–H and O–H groups in total. The number of nitrogens with one attached hydrogen (secondary N) is 2. The van der Waals surface area contributed by atoms with Gasteiger partial charge in [0.1, 0.15) is 0 Å². The molecule has 1 amide bonds. The molecule has 0 heterocycles. The van der Waals surface area contributed by atoms with Crippen molar-refractivity contribution < 1.29 is 9.90 Å². The molecule has 1 atom stereocenters. The second-order valence-corrected chi connectivity index (χ2v) is 8.15. The van der Waals surface area contributed by atoms with Gasteiger partial charge in [0.25, 0.3) is 0 Å². The molecule has 0 aliphatic heterocycles. The van der Waals surface area contributed by atoms with Crippen molar-refractivity contribution >= 4 is 5.91 Å². The first kappa shape index (κ1) is 27.4. The predicted molar refractivity (Wildman–Crippen MR) is 120 cm³/mol. The fourth-order valence-electron chi connectivity index (χ4n) is 3.57. The SMILES string of the molecule is CCCCCCCCCC(CO)CCCCCCCC(=O)NCCNCCN. The van der Waals surface area contributed by atoms with Crippen molar-refractivity contribution in [2.24, 2.45) is 11.7 Å². The second-order valence-electron chi connectivity index (χ2n) is 8.15. The minimum Gasteiger partial charge on any atom is -0.396 e. The molecule has 28 heavy (non-hydrogen) atoms. The van der Waals surface area contributed by atoms with E-state index in [2.05, 4.69) is 17.6 Å². The first-order valence-electron chi connectivity index (χ1n) is 12.0. The first-order chi connectivity index (χ1) is 13.7. The van der Waals surface area contributed by atoms with E-state index in [0.717, 1.165) is 32.4 Å². The Kier molecular flexibility index (Phi) is 22.1. The van der Waals surface area contributed by atoms with Crippen LogP contribution in [0, 0.1) is 5.92 Å². The van der Waals surface area contributed by atoms with Crippen molar-refractivity contribution in [2.45, 2.75) is 103 Å². The lowest BCUT2D eigenvalue weighted by Crippen LogP contribution is -2.33. The van der Waals surface area contributed by atoms with Crippen LogP contribution in [0.3, 0.4) is 0 Å². The molecule has 0 rings (SSSR count). The van der Waals surface area contributed by atoms with E-state index in [9.17, 15) is 9.90 Å². The van der Waals surface area contributed by atoms with Crippen LogP contribution in [-0.4, -0.2) is 43.8 Å². The van der Waals surface area contributed by atoms with Crippen LogP contribution in [0.15, 0.2) is 0 Å². The zero-order valence-corrected chi connectivity index (χ0v) is 18.7. The van der Waals surface area contributed by atoms with E-state index < -0.39 is 0 Å². The fraction of sp³-hybridized carbons (Fsp3) is 0.957. The summed E-state index contributed by atoms with van der Waals surface area (Å²) in [4.78, 5) is 11.7. The molecular formula is C23H49N3O2. The second kappa shape index (κ2) is 22.6. The maximum absolute atomic E-state index is 11.7. The average molecular weight is 400 g/mol. The summed E-state index contributed by atoms with van der Waals surface area (Å²) >= 11 is 0. The van der Waals surface area contributed by atoms with Gasteiger partial charge in [0.05, 0.1) is 0 Å². The van der Waals surface area contributed by atoms with Crippen LogP contribution >= 0.6 is 0 Å². The smallest absolute Gasteiger partial charge is 0.220 e. The zero-order valence-electron chi connectivity index (χ0n) is 18.7. The number of amides is 1. The molecule has 5 heteroatoms. The van der Waals surface area contributed by atoms with Gasteiger partial charge in [-0.1, -0.05) is 77.6 Å². The molecule has 0 spiro atoms. The normalized spacial score (nSPS) is 12.2. The molecule has 0 aliphatic carbocycles. The summed E-state index contributed by atoms with van der Waals surface area (Å²) in [6.45, 7) is 5.50. The predicted octanol–water partition coefficient (Wildman–Crippen LogP) is 4.13. The Morgan fingerprint density at radius 3 is 1.96 bits per heavy atom. The third-order valence-corrected chi connectivity index (χ3v) is 5.44. The lowest BCUT2D eigenvalue weighted by molar-refractivity contribution is -0.121. The van der Waals surface area contributed by atoms with Crippen molar-refractivity contribution in [2.75, 3.05) is 32.8 Å². The highest BCUT2D eigenvalue weighted by atomic mass is 16.3. The maximum Gasteiger partial charge on any atom is 0.220 e. The topological polar surface area (TPSA) is 87.4 Å². The molecule has 0 aromatic carbocycles. The third kappa shape index (κ3) is 20.1. The summed E-state index contributed by atoms with van der Waals surface area (Å²) in [5.74, 6) is 0.652. The zero-order chi connectivity index (χ0) is 20.7. The maximum atomic E-state index is 11.7. The van der Waals surface area contributed by atoms with E-state index in [1.165, 1.54) is 70.6 Å². The molecule has 0 fully saturated rings. The van der Waals surface area contributed by atoms with Gasteiger partial charge in [-0.25, -0.2) is 0 Å². The van der Waals surface area contributed by atoms with Gasteiger partial charge in [-0.05, 0) is 25.2 Å². The van der Waals surface area contributed by atoms with Crippen LogP contribution in [0.1, 0.15) is 103 Å². The Bertz CT molecular complexity index is 327. The highest BCUT2D eigenvalue weighted by molar-refractivity contribution is 5.75. The molecule has 0 radical (unpaired) electrons. The number of nitrogens with two attached hydrogens (primary N) is 1. The molecule has 0 saturated carbocycles. The molecular weight excluding hydrogens is 350 g/mol. The molecule has 0 bridgehead atoms. The monoisotopic (exact) mass is 399 g/mol. The van der Waals surface area contributed by atoms with Crippen molar-refractivity contribution in [3.8, 4) is 0 Å². The van der Waals surface area contributed by atoms with Crippen LogP contribution in [-0.2, 0) is 4.79 Å². The highest BCUT2D eigenvalue weighted by Crippen LogP contribution is 2.18. The molecule has 5 nitrogen and oxygen atoms in total. The van der Waals surface area contributed by atoms with Gasteiger partial charge in [0.15, 0.2) is 0 Å². The average Bonchev–Trinajstić information content (AvgIpc) is 2.70. The van der Waals surface area contributed by atoms with Crippen LogP contribution in [0.2, 0.25) is 0 Å². The van der Waals surface area contributed by atoms with E-state index in [1.807, 2.05) is 0 Å². The molecule has 0 saturated heterocycles. The van der Waals surface area contributed by atoms with E-state index >= 15 is 0 Å². The fourth-order valence-corrected chi connectivity index (χ4v) is 3.57. The van der Waals surface area contributed by atoms with Gasteiger partial charge in [-0.2, -0.15) is 0 Å². The van der Waals surface area contributed by atoms with E-state index in [1.54, 1.807) is 0 Å². The number of aliphatic hydroxyl groups excluding tert-OH is 1. The molecule has 0 aliphatic rings. The summed E-state index contributed by atoms with van der Waals surface area (Å²) in [6, 6.07) is 0. The standard InChI is InChI=1S/C23H49N3O2/c1-2-3-4-5-6-8-11-14-22(21-27)15-12-9-7-10-13-16-23(28)26-20-19-25-18-17-24/h22,25,27H,2-21,24H2,1H3,(H,26,28). The van der Waals surface area contributed by atoms with Gasteiger partial charge in [-0.3, -0.25) is 4.79 Å². The lowest BCUT2D eigenvalue weighted by Gasteiger charge is -2.13. The van der Waals surface area contributed by atoms with Crippen LogP contribution in [0.4, 0.5) is 0 Å². The van der Waals surface area contributed by atoms with Crippen LogP contribution < -0.4 is 16.4 Å². The van der Waals surface area contributed by atoms with Crippen LogP contribution in [0.5, 0.6) is 0 Å². The Morgan fingerprint density at radius 1 is 0.821 bits per heavy atom. The number of hydrogen-bond acceptors (Lipinski definition) is 4. The Balaban J connectivity index is 3.39. The minimum absolute atomic E-state index is 0.157. The minimum atomic E-state index is 0.157. The number of hydrogen-bond donors (Lipinski definition) is 4. The Labute approximate surface area is 174 Å². The van der Waals surface area contributed by atoms with E-state index in [4.69, 9.17) is 5.73 Å². The molecule has 0 aromatic rings. The number of rotatable bonds is 22. The number of carbonyl (C=O) groups excluding carboxylic acids is 1. The Morgan fingerprint density at radius 2 is 1.39 bits per heavy atom. The molecule has 168 valence electrons. The van der Waals surface area contributed by atoms with Crippen molar-refractivity contribution in [3.05, 3.63) is 0 Å². The first-order valence-corrected chi connectivity index (χ1v) is 12.0. The lowest BCUT2D eigenvalue weighted by atomic mass is 9.95. The van der Waals surface area contributed by atoms with E-state index in [0.29, 0.717) is 32.0 Å². The van der Waals surface area contributed by atoms with Crippen molar-refractivity contribution in [3.63, 3.8) is 0 Å². The van der Waals surface area contributed by atoms with Crippen molar-refractivity contribution in [1.29, 1.82) is 0 Å². The quantitative estimate of drug-likeness (QED) is 0.206. The number of aliphatic hydroxyl groups is 1. The summed E-state index contributed by atoms with van der Waals surface area (Å²) in [6.07, 6.45) is 18.1. The largest absolute Gasteiger partial charge is 0.396 e. The highest BCUT2D eigenvalue weighted by Gasteiger charge is 2.07. The van der Waals surface area contributed by atoms with E-state index in [-0.39, 0.29) is 5.91 Å².